The standard InChI is InChI=1S/C13H19N3O3S/c1-9-6-11(9)8-16-13(17)15-7-10-2-4-12(5-3-10)20(14,18)19/h2-5,9,11H,6-8H2,1H3,(H2,14,18,19)(H2,15,16,17)/t9-,11+/m0/s1. The molecule has 1 aliphatic carbocycles. The van der Waals surface area contributed by atoms with Gasteiger partial charge >= 0.3 is 6.03 Å². The van der Waals surface area contributed by atoms with Crippen molar-refractivity contribution in [3.05, 3.63) is 29.8 Å². The van der Waals surface area contributed by atoms with E-state index in [-0.39, 0.29) is 10.9 Å². The molecule has 2 rings (SSSR count). The van der Waals surface area contributed by atoms with Gasteiger partial charge < -0.3 is 10.6 Å². The third-order valence-corrected chi connectivity index (χ3v) is 4.44. The maximum Gasteiger partial charge on any atom is 0.315 e. The molecule has 0 bridgehead atoms. The highest BCUT2D eigenvalue weighted by Gasteiger charge is 2.32. The molecule has 0 saturated heterocycles. The van der Waals surface area contributed by atoms with Crippen LogP contribution in [-0.4, -0.2) is 21.0 Å². The molecule has 0 unspecified atom stereocenters. The second-order valence-corrected chi connectivity index (χ2v) is 6.79. The van der Waals surface area contributed by atoms with Crippen molar-refractivity contribution in [3.8, 4) is 0 Å². The van der Waals surface area contributed by atoms with Crippen LogP contribution in [0.5, 0.6) is 0 Å². The summed E-state index contributed by atoms with van der Waals surface area (Å²) in [5, 5.41) is 10.5. The van der Waals surface area contributed by atoms with Crippen LogP contribution in [0.15, 0.2) is 29.2 Å². The summed E-state index contributed by atoms with van der Waals surface area (Å²) in [7, 11) is -3.67. The van der Waals surface area contributed by atoms with E-state index in [1.807, 2.05) is 0 Å². The summed E-state index contributed by atoms with van der Waals surface area (Å²) >= 11 is 0. The van der Waals surface area contributed by atoms with Crippen molar-refractivity contribution < 1.29 is 13.2 Å². The maximum atomic E-state index is 11.5. The highest BCUT2D eigenvalue weighted by Crippen LogP contribution is 2.36. The van der Waals surface area contributed by atoms with Crippen LogP contribution in [0.2, 0.25) is 0 Å². The first-order valence-electron chi connectivity index (χ1n) is 6.49. The number of nitrogens with one attached hydrogen (secondary N) is 2. The van der Waals surface area contributed by atoms with Gasteiger partial charge in [-0.05, 0) is 36.0 Å². The van der Waals surface area contributed by atoms with Crippen molar-refractivity contribution >= 4 is 16.1 Å². The maximum absolute atomic E-state index is 11.5. The smallest absolute Gasteiger partial charge is 0.315 e. The molecule has 0 heterocycles. The lowest BCUT2D eigenvalue weighted by Gasteiger charge is -2.07. The van der Waals surface area contributed by atoms with Crippen molar-refractivity contribution in [2.24, 2.45) is 17.0 Å². The fourth-order valence-electron chi connectivity index (χ4n) is 1.95. The van der Waals surface area contributed by atoms with Gasteiger partial charge in [0.05, 0.1) is 4.90 Å². The second-order valence-electron chi connectivity index (χ2n) is 5.23. The number of amides is 2. The average molecular weight is 297 g/mol. The van der Waals surface area contributed by atoms with Crippen LogP contribution in [-0.2, 0) is 16.6 Å². The predicted octanol–water partition coefficient (Wildman–Crippen LogP) is 0.789. The zero-order valence-corrected chi connectivity index (χ0v) is 12.1. The van der Waals surface area contributed by atoms with Gasteiger partial charge in [0.25, 0.3) is 0 Å². The van der Waals surface area contributed by atoms with Crippen molar-refractivity contribution in [2.75, 3.05) is 6.54 Å². The molecule has 6 nitrogen and oxygen atoms in total. The molecule has 110 valence electrons. The summed E-state index contributed by atoms with van der Waals surface area (Å²) < 4.78 is 22.2. The molecule has 4 N–H and O–H groups in total. The van der Waals surface area contributed by atoms with Gasteiger partial charge in [0, 0.05) is 13.1 Å². The van der Waals surface area contributed by atoms with E-state index in [4.69, 9.17) is 5.14 Å². The Labute approximate surface area is 118 Å². The number of rotatable bonds is 5. The molecule has 20 heavy (non-hydrogen) atoms. The lowest BCUT2D eigenvalue weighted by Crippen LogP contribution is -2.36. The molecule has 2 amide bonds. The number of carbonyl (C=O) groups is 1. The average Bonchev–Trinajstić information content (AvgIpc) is 3.09. The molecule has 1 aromatic rings. The van der Waals surface area contributed by atoms with Crippen molar-refractivity contribution in [1.82, 2.24) is 10.6 Å². The van der Waals surface area contributed by atoms with Gasteiger partial charge in [-0.2, -0.15) is 0 Å². The van der Waals surface area contributed by atoms with Crippen LogP contribution in [0.25, 0.3) is 0 Å². The van der Waals surface area contributed by atoms with E-state index in [0.717, 1.165) is 5.56 Å². The van der Waals surface area contributed by atoms with Crippen LogP contribution in [0.3, 0.4) is 0 Å². The minimum Gasteiger partial charge on any atom is -0.338 e. The highest BCUT2D eigenvalue weighted by atomic mass is 32.2. The van der Waals surface area contributed by atoms with Gasteiger partial charge in [-0.25, -0.2) is 18.4 Å². The van der Waals surface area contributed by atoms with Crippen molar-refractivity contribution in [2.45, 2.75) is 24.8 Å². The summed E-state index contributed by atoms with van der Waals surface area (Å²) in [6, 6.07) is 5.90. The molecule has 0 aromatic heterocycles. The second kappa shape index (κ2) is 5.80. The number of nitrogens with two attached hydrogens (primary N) is 1. The number of hydrogen-bond acceptors (Lipinski definition) is 3. The molecule has 2 atom stereocenters. The number of sulfonamides is 1. The van der Waals surface area contributed by atoms with Gasteiger partial charge in [-0.1, -0.05) is 19.1 Å². The quantitative estimate of drug-likeness (QED) is 0.749. The lowest BCUT2D eigenvalue weighted by atomic mass is 10.2. The van der Waals surface area contributed by atoms with E-state index in [1.165, 1.54) is 18.6 Å². The number of benzene rings is 1. The van der Waals surface area contributed by atoms with Crippen LogP contribution in [0.4, 0.5) is 4.79 Å². The topological polar surface area (TPSA) is 101 Å². The Kier molecular flexibility index (Phi) is 4.29. The minimum atomic E-state index is -3.67. The Bertz CT molecular complexity index is 583. The zero-order chi connectivity index (χ0) is 14.8. The van der Waals surface area contributed by atoms with Gasteiger partial charge in [-0.3, -0.25) is 0 Å². The van der Waals surface area contributed by atoms with Gasteiger partial charge in [0.15, 0.2) is 0 Å². The van der Waals surface area contributed by atoms with E-state index in [0.29, 0.717) is 24.9 Å². The first kappa shape index (κ1) is 14.8. The minimum absolute atomic E-state index is 0.0634. The monoisotopic (exact) mass is 297 g/mol. The van der Waals surface area contributed by atoms with Crippen LogP contribution < -0.4 is 15.8 Å². The molecule has 7 heteroatoms. The van der Waals surface area contributed by atoms with Crippen molar-refractivity contribution in [3.63, 3.8) is 0 Å². The molecule has 0 aliphatic heterocycles. The summed E-state index contributed by atoms with van der Waals surface area (Å²) in [6.45, 7) is 3.21. The number of primary sulfonamides is 1. The first-order valence-corrected chi connectivity index (χ1v) is 8.04. The fraction of sp³-hybridized carbons (Fsp3) is 0.462. The van der Waals surface area contributed by atoms with Gasteiger partial charge in [-0.15, -0.1) is 0 Å². The molecule has 0 radical (unpaired) electrons. The summed E-state index contributed by atoms with van der Waals surface area (Å²) in [5.74, 6) is 1.32. The Morgan fingerprint density at radius 1 is 1.30 bits per heavy atom. The lowest BCUT2D eigenvalue weighted by molar-refractivity contribution is 0.240. The van der Waals surface area contributed by atoms with E-state index >= 15 is 0 Å². The van der Waals surface area contributed by atoms with E-state index in [9.17, 15) is 13.2 Å². The van der Waals surface area contributed by atoms with Crippen LogP contribution >= 0.6 is 0 Å². The molecular formula is C13H19N3O3S. The van der Waals surface area contributed by atoms with Crippen LogP contribution in [0.1, 0.15) is 18.9 Å². The highest BCUT2D eigenvalue weighted by molar-refractivity contribution is 7.89. The third kappa shape index (κ3) is 4.21. The molecule has 0 spiro atoms. The number of hydrogen-bond donors (Lipinski definition) is 3. The van der Waals surface area contributed by atoms with Crippen molar-refractivity contribution in [1.29, 1.82) is 0 Å². The zero-order valence-electron chi connectivity index (χ0n) is 11.3. The first-order chi connectivity index (χ1) is 9.36. The summed E-state index contributed by atoms with van der Waals surface area (Å²) in [4.78, 5) is 11.6. The molecular weight excluding hydrogens is 278 g/mol. The Morgan fingerprint density at radius 3 is 2.40 bits per heavy atom. The Morgan fingerprint density at radius 2 is 1.90 bits per heavy atom. The predicted molar refractivity (Wildman–Crippen MR) is 75.3 cm³/mol. The van der Waals surface area contributed by atoms with E-state index < -0.39 is 10.0 Å². The molecule has 1 aliphatic rings. The Balaban J connectivity index is 1.77. The van der Waals surface area contributed by atoms with Crippen LogP contribution in [0, 0.1) is 11.8 Å². The fourth-order valence-corrected chi connectivity index (χ4v) is 2.46. The van der Waals surface area contributed by atoms with Gasteiger partial charge in [0.2, 0.25) is 10.0 Å². The largest absolute Gasteiger partial charge is 0.338 e. The summed E-state index contributed by atoms with van der Waals surface area (Å²) in [5.41, 5.74) is 0.812. The SMILES string of the molecule is C[C@H]1C[C@@H]1CNC(=O)NCc1ccc(S(N)(=O)=O)cc1. The molecule has 1 aromatic carbocycles. The third-order valence-electron chi connectivity index (χ3n) is 3.51. The molecule has 1 fully saturated rings. The normalized spacial score (nSPS) is 21.3. The van der Waals surface area contributed by atoms with E-state index in [1.54, 1.807) is 12.1 Å². The Hall–Kier alpha value is -1.60. The number of carbonyl (C=O) groups excluding carboxylic acids is 1. The van der Waals surface area contributed by atoms with E-state index in [2.05, 4.69) is 17.6 Å². The van der Waals surface area contributed by atoms with Gasteiger partial charge in [0.1, 0.15) is 0 Å². The summed E-state index contributed by atoms with van der Waals surface area (Å²) in [6.07, 6.45) is 1.18. The molecule has 1 saturated carbocycles. The number of urea groups is 1.